The summed E-state index contributed by atoms with van der Waals surface area (Å²) in [5, 5.41) is 1.05. The number of benzene rings is 1. The first-order chi connectivity index (χ1) is 11.5. The summed E-state index contributed by atoms with van der Waals surface area (Å²) in [6.45, 7) is 0.881. The zero-order valence-corrected chi connectivity index (χ0v) is 16.0. The monoisotopic (exact) mass is 368 g/mol. The van der Waals surface area contributed by atoms with Gasteiger partial charge < -0.3 is 9.80 Å². The van der Waals surface area contributed by atoms with E-state index in [0.717, 1.165) is 18.5 Å². The van der Waals surface area contributed by atoms with Crippen molar-refractivity contribution >= 4 is 29.1 Å². The SMILES string of the molecule is CN(C)C1CCCC2CCCN(C(=O)Cc3ccc(Cl)c(Cl)c3)C21. The van der Waals surface area contributed by atoms with Crippen LogP contribution in [-0.2, 0) is 11.2 Å². The maximum Gasteiger partial charge on any atom is 0.227 e. The van der Waals surface area contributed by atoms with Gasteiger partial charge in [-0.1, -0.05) is 35.7 Å². The van der Waals surface area contributed by atoms with Crippen molar-refractivity contribution < 1.29 is 4.79 Å². The van der Waals surface area contributed by atoms with E-state index < -0.39 is 0 Å². The zero-order chi connectivity index (χ0) is 17.3. The van der Waals surface area contributed by atoms with Crippen LogP contribution in [0.15, 0.2) is 18.2 Å². The average Bonchev–Trinajstić information content (AvgIpc) is 2.57. The third-order valence-electron chi connectivity index (χ3n) is 5.61. The Hall–Kier alpha value is -0.770. The standard InChI is InChI=1S/C19H26Cl2N2O/c1-22(2)17-7-3-5-14-6-4-10-23(19(14)17)18(24)12-13-8-9-15(20)16(21)11-13/h8-9,11,14,17,19H,3-7,10,12H2,1-2H3. The molecular weight excluding hydrogens is 343 g/mol. The van der Waals surface area contributed by atoms with Crippen molar-refractivity contribution in [3.63, 3.8) is 0 Å². The van der Waals surface area contributed by atoms with Crippen LogP contribution in [-0.4, -0.2) is 48.4 Å². The van der Waals surface area contributed by atoms with Crippen LogP contribution >= 0.6 is 23.2 Å². The minimum Gasteiger partial charge on any atom is -0.338 e. The lowest BCUT2D eigenvalue weighted by molar-refractivity contribution is -0.139. The minimum absolute atomic E-state index is 0.219. The van der Waals surface area contributed by atoms with Gasteiger partial charge in [-0.25, -0.2) is 0 Å². The molecule has 0 bridgehead atoms. The summed E-state index contributed by atoms with van der Waals surface area (Å²) in [4.78, 5) is 17.5. The highest BCUT2D eigenvalue weighted by molar-refractivity contribution is 6.42. The Morgan fingerprint density at radius 1 is 1.17 bits per heavy atom. The molecular formula is C19H26Cl2N2O. The van der Waals surface area contributed by atoms with Crippen LogP contribution in [0, 0.1) is 5.92 Å². The van der Waals surface area contributed by atoms with Gasteiger partial charge in [-0.2, -0.15) is 0 Å². The lowest BCUT2D eigenvalue weighted by Crippen LogP contribution is -2.59. The van der Waals surface area contributed by atoms with Gasteiger partial charge in [0.15, 0.2) is 0 Å². The topological polar surface area (TPSA) is 23.6 Å². The quantitative estimate of drug-likeness (QED) is 0.795. The zero-order valence-electron chi connectivity index (χ0n) is 14.5. The summed E-state index contributed by atoms with van der Waals surface area (Å²) in [5.74, 6) is 0.870. The molecule has 5 heteroatoms. The number of carbonyl (C=O) groups is 1. The normalized spacial score (nSPS) is 27.2. The van der Waals surface area contributed by atoms with Gasteiger partial charge in [0.05, 0.1) is 16.5 Å². The number of fused-ring (bicyclic) bond motifs is 1. The summed E-state index contributed by atoms with van der Waals surface area (Å²) in [6, 6.07) is 6.32. The summed E-state index contributed by atoms with van der Waals surface area (Å²) in [7, 11) is 4.28. The van der Waals surface area contributed by atoms with E-state index in [-0.39, 0.29) is 5.91 Å². The van der Waals surface area contributed by atoms with Crippen LogP contribution < -0.4 is 0 Å². The van der Waals surface area contributed by atoms with Crippen molar-refractivity contribution in [1.82, 2.24) is 9.80 Å². The molecule has 0 N–H and O–H groups in total. The Morgan fingerprint density at radius 3 is 2.62 bits per heavy atom. The van der Waals surface area contributed by atoms with Crippen LogP contribution in [0.25, 0.3) is 0 Å². The van der Waals surface area contributed by atoms with E-state index in [4.69, 9.17) is 23.2 Å². The Labute approximate surface area is 154 Å². The van der Waals surface area contributed by atoms with Gasteiger partial charge >= 0.3 is 0 Å². The van der Waals surface area contributed by atoms with Crippen LogP contribution in [0.1, 0.15) is 37.7 Å². The van der Waals surface area contributed by atoms with Gasteiger partial charge in [-0.15, -0.1) is 0 Å². The molecule has 3 atom stereocenters. The van der Waals surface area contributed by atoms with E-state index in [0.29, 0.717) is 34.5 Å². The van der Waals surface area contributed by atoms with E-state index in [1.54, 1.807) is 6.07 Å². The predicted molar refractivity (Wildman–Crippen MR) is 99.7 cm³/mol. The van der Waals surface area contributed by atoms with E-state index >= 15 is 0 Å². The van der Waals surface area contributed by atoms with E-state index in [1.807, 2.05) is 12.1 Å². The lowest BCUT2D eigenvalue weighted by atomic mass is 9.75. The van der Waals surface area contributed by atoms with Crippen LogP contribution in [0.2, 0.25) is 10.0 Å². The number of carbonyl (C=O) groups excluding carboxylic acids is 1. The Bertz CT molecular complexity index is 603. The summed E-state index contributed by atoms with van der Waals surface area (Å²) >= 11 is 12.1. The number of rotatable bonds is 3. The average molecular weight is 369 g/mol. The fraction of sp³-hybridized carbons (Fsp3) is 0.632. The second-order valence-corrected chi connectivity index (χ2v) is 8.18. The first kappa shape index (κ1) is 18.0. The third kappa shape index (κ3) is 3.74. The smallest absolute Gasteiger partial charge is 0.227 e. The number of hydrogen-bond donors (Lipinski definition) is 0. The molecule has 1 aromatic rings. The highest BCUT2D eigenvalue weighted by atomic mass is 35.5. The fourth-order valence-electron chi connectivity index (χ4n) is 4.48. The minimum atomic E-state index is 0.219. The number of hydrogen-bond acceptors (Lipinski definition) is 2. The predicted octanol–water partition coefficient (Wildman–Crippen LogP) is 4.26. The highest BCUT2D eigenvalue weighted by Gasteiger charge is 2.42. The first-order valence-corrected chi connectivity index (χ1v) is 9.63. The van der Waals surface area contributed by atoms with Gasteiger partial charge in [0, 0.05) is 18.6 Å². The summed E-state index contributed by atoms with van der Waals surface area (Å²) < 4.78 is 0. The van der Waals surface area contributed by atoms with Gasteiger partial charge in [0.25, 0.3) is 0 Å². The first-order valence-electron chi connectivity index (χ1n) is 8.87. The molecule has 24 heavy (non-hydrogen) atoms. The number of nitrogens with zero attached hydrogens (tertiary/aromatic N) is 2. The molecule has 1 saturated carbocycles. The Morgan fingerprint density at radius 2 is 1.92 bits per heavy atom. The van der Waals surface area contributed by atoms with Gasteiger partial charge in [-0.05, 0) is 63.4 Å². The van der Waals surface area contributed by atoms with Crippen LogP contribution in [0.3, 0.4) is 0 Å². The van der Waals surface area contributed by atoms with Crippen molar-refractivity contribution in [3.05, 3.63) is 33.8 Å². The second-order valence-electron chi connectivity index (χ2n) is 7.37. The Kier molecular flexibility index (Phi) is 5.74. The molecule has 2 fully saturated rings. The molecule has 3 unspecified atom stereocenters. The van der Waals surface area contributed by atoms with Crippen molar-refractivity contribution in [3.8, 4) is 0 Å². The largest absolute Gasteiger partial charge is 0.338 e. The molecule has 1 heterocycles. The molecule has 0 aromatic heterocycles. The summed E-state index contributed by atoms with van der Waals surface area (Å²) in [6.07, 6.45) is 6.50. The molecule has 2 aliphatic rings. The molecule has 1 aromatic carbocycles. The lowest BCUT2D eigenvalue weighted by Gasteiger charge is -2.50. The number of amides is 1. The summed E-state index contributed by atoms with van der Waals surface area (Å²) in [5.41, 5.74) is 0.939. The van der Waals surface area contributed by atoms with E-state index in [1.165, 1.54) is 25.7 Å². The molecule has 3 rings (SSSR count). The fourth-order valence-corrected chi connectivity index (χ4v) is 4.80. The second kappa shape index (κ2) is 7.63. The molecule has 1 aliphatic carbocycles. The van der Waals surface area contributed by atoms with Crippen LogP contribution in [0.5, 0.6) is 0 Å². The van der Waals surface area contributed by atoms with Crippen molar-refractivity contribution in [1.29, 1.82) is 0 Å². The van der Waals surface area contributed by atoms with Crippen molar-refractivity contribution in [2.24, 2.45) is 5.92 Å². The van der Waals surface area contributed by atoms with Gasteiger partial charge in [0.1, 0.15) is 0 Å². The van der Waals surface area contributed by atoms with Crippen LogP contribution in [0.4, 0.5) is 0 Å². The molecule has 0 radical (unpaired) electrons. The van der Waals surface area contributed by atoms with E-state index in [9.17, 15) is 4.79 Å². The Balaban J connectivity index is 1.77. The number of likely N-dealkylation sites (tertiary alicyclic amines) is 1. The third-order valence-corrected chi connectivity index (χ3v) is 6.35. The number of halogens is 2. The highest BCUT2D eigenvalue weighted by Crippen LogP contribution is 2.37. The van der Waals surface area contributed by atoms with Crippen molar-refractivity contribution in [2.45, 2.75) is 50.6 Å². The van der Waals surface area contributed by atoms with E-state index in [2.05, 4.69) is 23.9 Å². The molecule has 132 valence electrons. The molecule has 1 saturated heterocycles. The number of likely N-dealkylation sites (N-methyl/N-ethyl adjacent to an activating group) is 1. The number of piperidine rings is 1. The van der Waals surface area contributed by atoms with Gasteiger partial charge in [0.2, 0.25) is 5.91 Å². The van der Waals surface area contributed by atoms with Crippen molar-refractivity contribution in [2.75, 3.05) is 20.6 Å². The molecule has 1 aliphatic heterocycles. The molecule has 0 spiro atoms. The molecule has 1 amide bonds. The maximum atomic E-state index is 13.0. The maximum absolute atomic E-state index is 13.0. The van der Waals surface area contributed by atoms with Gasteiger partial charge in [-0.3, -0.25) is 4.79 Å². The molecule has 3 nitrogen and oxygen atoms in total.